The summed E-state index contributed by atoms with van der Waals surface area (Å²) in [7, 11) is 3.87. The van der Waals surface area contributed by atoms with Crippen LogP contribution in [-0.2, 0) is 20.2 Å². The van der Waals surface area contributed by atoms with Crippen LogP contribution >= 0.6 is 0 Å². The molecule has 0 saturated heterocycles. The van der Waals surface area contributed by atoms with Gasteiger partial charge in [-0.05, 0) is 18.6 Å². The van der Waals surface area contributed by atoms with Crippen molar-refractivity contribution in [2.45, 2.75) is 27.1 Å². The molecule has 0 aromatic carbocycles. The van der Waals surface area contributed by atoms with Crippen LogP contribution in [-0.4, -0.2) is 126 Å². The van der Waals surface area contributed by atoms with Crippen molar-refractivity contribution in [3.05, 3.63) is 75.9 Å². The number of rotatable bonds is 5. The molecule has 0 aliphatic carbocycles. The Morgan fingerprint density at radius 3 is 1.82 bits per heavy atom. The first kappa shape index (κ1) is 33.9. The maximum absolute atomic E-state index is 10.4. The summed E-state index contributed by atoms with van der Waals surface area (Å²) < 4.78 is 3.50. The van der Waals surface area contributed by atoms with Gasteiger partial charge in [-0.25, -0.2) is 38.8 Å². The minimum absolute atomic E-state index is 0.0347. The number of hydrazine groups is 2. The molecule has 2 aliphatic heterocycles. The third-order valence-electron chi connectivity index (χ3n) is 4.83. The van der Waals surface area contributed by atoms with E-state index in [1.165, 1.54) is 21.1 Å². The lowest BCUT2D eigenvalue weighted by Gasteiger charge is -2.21. The van der Waals surface area contributed by atoms with Crippen molar-refractivity contribution in [2.75, 3.05) is 40.6 Å². The molecule has 7 N–H and O–H groups in total. The summed E-state index contributed by atoms with van der Waals surface area (Å²) in [5.74, 6) is 0. The number of aliphatic hydroxyl groups is 5. The van der Waals surface area contributed by atoms with Crippen LogP contribution in [0.5, 0.6) is 0 Å². The van der Waals surface area contributed by atoms with Crippen LogP contribution < -0.4 is 11.4 Å². The van der Waals surface area contributed by atoms with Gasteiger partial charge in [-0.2, -0.15) is 5.10 Å². The molecule has 40 heavy (non-hydrogen) atoms. The van der Waals surface area contributed by atoms with E-state index in [4.69, 9.17) is 25.5 Å². The smallest absolute Gasteiger partial charge is 0.346 e. The molecule has 19 nitrogen and oxygen atoms in total. The van der Waals surface area contributed by atoms with E-state index in [0.717, 1.165) is 17.8 Å². The number of H-pyrrole nitrogens is 2. The molecule has 19 heteroatoms. The summed E-state index contributed by atoms with van der Waals surface area (Å²) in [5.41, 5.74) is 0.0306. The number of nitrogens with zero attached hydrogens (tertiary/aromatic N) is 10. The molecule has 0 atom stereocenters. The van der Waals surface area contributed by atoms with Crippen LogP contribution in [0.15, 0.2) is 64.5 Å². The zero-order valence-corrected chi connectivity index (χ0v) is 22.6. The number of nitrogens with one attached hydrogen (secondary N) is 2. The average Bonchev–Trinajstić information content (AvgIpc) is 3.78. The second-order valence-corrected chi connectivity index (χ2v) is 7.89. The standard InChI is InChI=1S/C6H12N2O.C5H10N2O.C4H6N2O.C3H5N3O3.C3H5N3O/c1-6-3-7(2)8(4-6)5-9;1-6-3-2-4-7(6)5-8;7-4-6-3-1-2-5-6;7-1-6-3(9)4-2(8)5-6;7-3-6-2-1-4-5-6/h4,9H,3,5H2,1-2H3;2,4,8H,3,5H2,1H3;1-3,7H,4H2;7H,1H2,(H2,4,5,8,9);1-2,7H,3H2. The molecule has 3 aromatic heterocycles. The fourth-order valence-electron chi connectivity index (χ4n) is 2.85. The van der Waals surface area contributed by atoms with Crippen LogP contribution in [0.1, 0.15) is 6.92 Å². The van der Waals surface area contributed by atoms with Crippen molar-refractivity contribution in [2.24, 2.45) is 0 Å². The first-order valence-corrected chi connectivity index (χ1v) is 11.7. The predicted molar refractivity (Wildman–Crippen MR) is 141 cm³/mol. The number of hydrogen-bond acceptors (Lipinski definition) is 14. The molecule has 224 valence electrons. The monoisotopic (exact) mass is 570 g/mol. The van der Waals surface area contributed by atoms with Gasteiger partial charge in [0.05, 0.1) is 6.20 Å². The van der Waals surface area contributed by atoms with Gasteiger partial charge in [0, 0.05) is 58.2 Å². The Kier molecular flexibility index (Phi) is 16.1. The van der Waals surface area contributed by atoms with E-state index in [1.807, 2.05) is 59.6 Å². The van der Waals surface area contributed by atoms with Crippen molar-refractivity contribution in [1.82, 2.24) is 59.6 Å². The van der Waals surface area contributed by atoms with E-state index in [1.54, 1.807) is 34.7 Å². The predicted octanol–water partition coefficient (Wildman–Crippen LogP) is -3.51. The van der Waals surface area contributed by atoms with Crippen molar-refractivity contribution in [3.63, 3.8) is 0 Å². The van der Waals surface area contributed by atoms with Gasteiger partial charge in [-0.15, -0.1) is 5.10 Å². The molecule has 0 unspecified atom stereocenters. The van der Waals surface area contributed by atoms with Crippen LogP contribution in [0.4, 0.5) is 0 Å². The Balaban J connectivity index is 0.000000251. The van der Waals surface area contributed by atoms with E-state index < -0.39 is 18.1 Å². The molecule has 5 rings (SSSR count). The molecule has 0 fully saturated rings. The molecule has 0 bridgehead atoms. The minimum Gasteiger partial charge on any atom is -0.375 e. The van der Waals surface area contributed by atoms with Crippen molar-refractivity contribution in [1.29, 1.82) is 0 Å². The first-order valence-electron chi connectivity index (χ1n) is 11.7. The molecule has 3 aromatic rings. The summed E-state index contributed by atoms with van der Waals surface area (Å²) in [6.45, 7) is 3.39. The van der Waals surface area contributed by atoms with E-state index in [0.29, 0.717) is 0 Å². The van der Waals surface area contributed by atoms with Crippen molar-refractivity contribution < 1.29 is 25.5 Å². The number of likely N-dealkylation sites (N-methyl/N-ethyl adjacent to an activating group) is 2. The third-order valence-corrected chi connectivity index (χ3v) is 4.83. The summed E-state index contributed by atoms with van der Waals surface area (Å²) in [4.78, 5) is 22.5. The largest absolute Gasteiger partial charge is 0.375 e. The highest BCUT2D eigenvalue weighted by atomic mass is 16.3. The highest BCUT2D eigenvalue weighted by molar-refractivity contribution is 5.03. The summed E-state index contributed by atoms with van der Waals surface area (Å²) in [6, 6.07) is 1.76. The fraction of sp³-hybridized carbons (Fsp3) is 0.476. The van der Waals surface area contributed by atoms with Gasteiger partial charge < -0.3 is 25.5 Å². The minimum atomic E-state index is -0.637. The van der Waals surface area contributed by atoms with Gasteiger partial charge in [-0.3, -0.25) is 15.0 Å². The highest BCUT2D eigenvalue weighted by Crippen LogP contribution is 2.09. The van der Waals surface area contributed by atoms with Crippen LogP contribution in [0.2, 0.25) is 0 Å². The molecule has 0 radical (unpaired) electrons. The van der Waals surface area contributed by atoms with E-state index >= 15 is 0 Å². The average molecular weight is 571 g/mol. The quantitative estimate of drug-likeness (QED) is 0.158. The van der Waals surface area contributed by atoms with Gasteiger partial charge >= 0.3 is 11.4 Å². The Labute approximate surface area is 229 Å². The molecular formula is C21H38N12O7. The van der Waals surface area contributed by atoms with Gasteiger partial charge in [0.15, 0.2) is 0 Å². The first-order chi connectivity index (χ1) is 19.2. The Bertz CT molecular complexity index is 1170. The second kappa shape index (κ2) is 19.0. The molecular weight excluding hydrogens is 532 g/mol. The molecule has 5 heterocycles. The highest BCUT2D eigenvalue weighted by Gasteiger charge is 2.13. The summed E-state index contributed by atoms with van der Waals surface area (Å²) in [6.07, 6.45) is 12.2. The summed E-state index contributed by atoms with van der Waals surface area (Å²) in [5, 5.41) is 62.2. The number of hydrogen-bond donors (Lipinski definition) is 7. The lowest BCUT2D eigenvalue weighted by Crippen LogP contribution is -2.31. The Hall–Kier alpha value is -4.11. The lowest BCUT2D eigenvalue weighted by atomic mass is 10.3. The molecule has 0 spiro atoms. The van der Waals surface area contributed by atoms with E-state index in [9.17, 15) is 9.59 Å². The third kappa shape index (κ3) is 12.6. The van der Waals surface area contributed by atoms with Gasteiger partial charge in [-0.1, -0.05) is 11.3 Å². The topological polar surface area (TPSA) is 233 Å². The molecule has 0 saturated carbocycles. The van der Waals surface area contributed by atoms with Gasteiger partial charge in [0.25, 0.3) is 0 Å². The Morgan fingerprint density at radius 1 is 0.875 bits per heavy atom. The fourth-order valence-corrected chi connectivity index (χ4v) is 2.85. The Morgan fingerprint density at radius 2 is 1.57 bits per heavy atom. The van der Waals surface area contributed by atoms with Gasteiger partial charge in [0.2, 0.25) is 0 Å². The maximum atomic E-state index is 10.4. The van der Waals surface area contributed by atoms with Crippen molar-refractivity contribution >= 4 is 0 Å². The van der Waals surface area contributed by atoms with Crippen LogP contribution in [0, 0.1) is 0 Å². The lowest BCUT2D eigenvalue weighted by molar-refractivity contribution is 0.000771. The maximum Gasteiger partial charge on any atom is 0.346 e. The molecule has 2 aliphatic rings. The SMILES string of the molecule is CC1=CN(CO)N(C)C1.CN1CC=CN1CO.O=c1[nH]c(=O)n(CO)[nH]1.OCn1cccn1.OCn1ccnn1. The van der Waals surface area contributed by atoms with E-state index in [2.05, 4.69) is 15.4 Å². The number of aromatic amines is 2. The van der Waals surface area contributed by atoms with Crippen LogP contribution in [0.3, 0.4) is 0 Å². The molecule has 0 amide bonds. The summed E-state index contributed by atoms with van der Waals surface area (Å²) >= 11 is 0. The normalized spacial score (nSPS) is 14.2. The van der Waals surface area contributed by atoms with Gasteiger partial charge in [0.1, 0.15) is 33.7 Å². The zero-order chi connectivity index (χ0) is 29.9. The number of aromatic nitrogens is 8. The number of aliphatic hydroxyl groups excluding tert-OH is 5. The van der Waals surface area contributed by atoms with Crippen molar-refractivity contribution in [3.8, 4) is 0 Å². The second-order valence-electron chi connectivity index (χ2n) is 7.89. The van der Waals surface area contributed by atoms with E-state index in [-0.39, 0.29) is 26.9 Å². The zero-order valence-electron chi connectivity index (χ0n) is 22.6. The van der Waals surface area contributed by atoms with Crippen LogP contribution in [0.25, 0.3) is 0 Å².